The number of rotatable bonds is 32. The number of ether oxygens (including phenoxy) is 1. The molecular formula is C42H83N3O4S. The summed E-state index contributed by atoms with van der Waals surface area (Å²) in [7, 11) is 2.14. The van der Waals surface area contributed by atoms with Gasteiger partial charge in [-0.2, -0.15) is 11.8 Å². The van der Waals surface area contributed by atoms with Crippen LogP contribution in [0.4, 0.5) is 0 Å². The van der Waals surface area contributed by atoms with Crippen LogP contribution in [-0.4, -0.2) is 73.9 Å². The van der Waals surface area contributed by atoms with Gasteiger partial charge in [0.1, 0.15) is 6.29 Å². The van der Waals surface area contributed by atoms with E-state index in [0.717, 1.165) is 63.9 Å². The van der Waals surface area contributed by atoms with Gasteiger partial charge in [0.05, 0.1) is 19.1 Å². The third-order valence-electron chi connectivity index (χ3n) is 10.3. The number of amides is 1. The van der Waals surface area contributed by atoms with Crippen LogP contribution >= 0.6 is 11.8 Å². The molecule has 0 aliphatic carbocycles. The maximum Gasteiger partial charge on any atom is 0.306 e. The highest BCUT2D eigenvalue weighted by Gasteiger charge is 2.19. The van der Waals surface area contributed by atoms with Crippen LogP contribution in [-0.2, 0) is 19.1 Å². The van der Waals surface area contributed by atoms with Crippen molar-refractivity contribution in [1.29, 1.82) is 0 Å². The zero-order chi connectivity index (χ0) is 37.1. The van der Waals surface area contributed by atoms with Gasteiger partial charge in [-0.1, -0.05) is 137 Å². The fourth-order valence-electron chi connectivity index (χ4n) is 6.43. The SMILES string of the molecule is CCCCC(CC)COC(=O)CCSCCC(N)C(=O)NCC1CCN(C)CC1.CCCCCCCCCCC(C=O)CCCCCCCC. The molecule has 296 valence electrons. The van der Waals surface area contributed by atoms with Gasteiger partial charge in [-0.3, -0.25) is 9.59 Å². The minimum absolute atomic E-state index is 0.0541. The lowest BCUT2D eigenvalue weighted by Gasteiger charge is -2.29. The summed E-state index contributed by atoms with van der Waals surface area (Å²) in [6.07, 6.45) is 30.2. The van der Waals surface area contributed by atoms with Crippen LogP contribution in [0, 0.1) is 17.8 Å². The number of nitrogens with two attached hydrogens (primary N) is 1. The number of carbonyl (C=O) groups is 3. The number of esters is 1. The Hall–Kier alpha value is -1.12. The van der Waals surface area contributed by atoms with Crippen molar-refractivity contribution in [2.75, 3.05) is 44.8 Å². The summed E-state index contributed by atoms with van der Waals surface area (Å²) in [5.74, 6) is 2.72. The number of carbonyl (C=O) groups excluding carboxylic acids is 3. The van der Waals surface area contributed by atoms with Crippen molar-refractivity contribution in [2.45, 2.75) is 188 Å². The fraction of sp³-hybridized carbons (Fsp3) is 0.929. The molecule has 0 aromatic carbocycles. The zero-order valence-electron chi connectivity index (χ0n) is 33.7. The Labute approximate surface area is 314 Å². The number of hydrogen-bond acceptors (Lipinski definition) is 7. The van der Waals surface area contributed by atoms with Crippen molar-refractivity contribution >= 4 is 29.9 Å². The van der Waals surface area contributed by atoms with Crippen molar-refractivity contribution in [3.63, 3.8) is 0 Å². The first-order valence-electron chi connectivity index (χ1n) is 21.2. The molecule has 0 spiro atoms. The van der Waals surface area contributed by atoms with E-state index in [1.165, 1.54) is 109 Å². The number of piperidine rings is 1. The van der Waals surface area contributed by atoms with Crippen molar-refractivity contribution in [1.82, 2.24) is 10.2 Å². The molecule has 7 nitrogen and oxygen atoms in total. The minimum atomic E-state index is -0.468. The lowest BCUT2D eigenvalue weighted by atomic mass is 9.95. The molecule has 0 aromatic rings. The third-order valence-corrected chi connectivity index (χ3v) is 11.4. The van der Waals surface area contributed by atoms with Crippen LogP contribution in [0.1, 0.15) is 182 Å². The molecule has 0 radical (unpaired) electrons. The number of unbranched alkanes of at least 4 members (excludes halogenated alkanes) is 13. The first-order valence-corrected chi connectivity index (χ1v) is 22.4. The fourth-order valence-corrected chi connectivity index (χ4v) is 7.37. The maximum atomic E-state index is 12.1. The Kier molecular flexibility index (Phi) is 35.4. The minimum Gasteiger partial charge on any atom is -0.465 e. The predicted octanol–water partition coefficient (Wildman–Crippen LogP) is 10.1. The average molecular weight is 726 g/mol. The van der Waals surface area contributed by atoms with Crippen LogP contribution in [0.25, 0.3) is 0 Å². The van der Waals surface area contributed by atoms with E-state index >= 15 is 0 Å². The molecule has 1 heterocycles. The van der Waals surface area contributed by atoms with Gasteiger partial charge in [0.15, 0.2) is 0 Å². The van der Waals surface area contributed by atoms with Gasteiger partial charge in [-0.25, -0.2) is 0 Å². The van der Waals surface area contributed by atoms with Crippen molar-refractivity contribution in [3.05, 3.63) is 0 Å². The second kappa shape index (κ2) is 36.2. The number of thioether (sulfide) groups is 1. The summed E-state index contributed by atoms with van der Waals surface area (Å²) in [6, 6.07) is -0.468. The van der Waals surface area contributed by atoms with E-state index in [1.807, 2.05) is 0 Å². The lowest BCUT2D eigenvalue weighted by molar-refractivity contribution is -0.144. The highest BCUT2D eigenvalue weighted by Crippen LogP contribution is 2.19. The molecule has 1 aliphatic heterocycles. The van der Waals surface area contributed by atoms with Crippen molar-refractivity contribution in [2.24, 2.45) is 23.5 Å². The smallest absolute Gasteiger partial charge is 0.306 e. The molecule has 1 amide bonds. The molecule has 3 N–H and O–H groups in total. The van der Waals surface area contributed by atoms with E-state index in [0.29, 0.717) is 43.0 Å². The van der Waals surface area contributed by atoms with E-state index in [-0.39, 0.29) is 11.9 Å². The Morgan fingerprint density at radius 2 is 1.32 bits per heavy atom. The monoisotopic (exact) mass is 726 g/mol. The van der Waals surface area contributed by atoms with Gasteiger partial charge in [-0.05, 0) is 76.3 Å². The predicted molar refractivity (Wildman–Crippen MR) is 217 cm³/mol. The van der Waals surface area contributed by atoms with Crippen LogP contribution < -0.4 is 11.1 Å². The average Bonchev–Trinajstić information content (AvgIpc) is 3.12. The molecule has 50 heavy (non-hydrogen) atoms. The Balaban J connectivity index is 0.00000101. The maximum absolute atomic E-state index is 12.1. The molecular weight excluding hydrogens is 643 g/mol. The van der Waals surface area contributed by atoms with Gasteiger partial charge in [-0.15, -0.1) is 0 Å². The molecule has 8 heteroatoms. The number of hydrogen-bond donors (Lipinski definition) is 2. The molecule has 3 atom stereocenters. The van der Waals surface area contributed by atoms with E-state index in [4.69, 9.17) is 10.5 Å². The quantitative estimate of drug-likeness (QED) is 0.0404. The molecule has 1 saturated heterocycles. The molecule has 1 aliphatic rings. The van der Waals surface area contributed by atoms with E-state index in [1.54, 1.807) is 11.8 Å². The van der Waals surface area contributed by atoms with Crippen LogP contribution in [0.5, 0.6) is 0 Å². The van der Waals surface area contributed by atoms with E-state index in [9.17, 15) is 14.4 Å². The van der Waals surface area contributed by atoms with E-state index < -0.39 is 6.04 Å². The third kappa shape index (κ3) is 30.5. The lowest BCUT2D eigenvalue weighted by Crippen LogP contribution is -2.44. The number of likely N-dealkylation sites (tertiary alicyclic amines) is 1. The summed E-state index contributed by atoms with van der Waals surface area (Å²) in [6.45, 7) is 12.3. The van der Waals surface area contributed by atoms with Gasteiger partial charge in [0.25, 0.3) is 0 Å². The molecule has 0 aromatic heterocycles. The normalized spacial score (nSPS) is 15.5. The van der Waals surface area contributed by atoms with Crippen molar-refractivity contribution < 1.29 is 19.1 Å². The van der Waals surface area contributed by atoms with Gasteiger partial charge in [0.2, 0.25) is 5.91 Å². The first kappa shape index (κ1) is 48.9. The molecule has 3 unspecified atom stereocenters. The Bertz CT molecular complexity index is 778. The summed E-state index contributed by atoms with van der Waals surface area (Å²) in [4.78, 5) is 37.4. The van der Waals surface area contributed by atoms with Crippen LogP contribution in [0.15, 0.2) is 0 Å². The van der Waals surface area contributed by atoms with Crippen molar-refractivity contribution in [3.8, 4) is 0 Å². The number of nitrogens with zero attached hydrogens (tertiary/aromatic N) is 1. The summed E-state index contributed by atoms with van der Waals surface area (Å²) < 4.78 is 5.41. The first-order chi connectivity index (χ1) is 24.3. The standard InChI is InChI=1S/C22H43N3O3S.C20H40O/c1-4-6-7-18(5-2)17-28-21(26)11-15-29-14-10-20(23)22(27)24-16-19-8-12-25(3)13-9-19;1-3-5-7-9-11-12-14-16-18-20(19-21)17-15-13-10-8-6-4-2/h18-20H,4-17,23H2,1-3H3,(H,24,27);19-20H,3-18H2,1-2H3. The highest BCUT2D eigenvalue weighted by atomic mass is 32.2. The zero-order valence-corrected chi connectivity index (χ0v) is 34.5. The second-order valence-electron chi connectivity index (χ2n) is 15.1. The largest absolute Gasteiger partial charge is 0.465 e. The Morgan fingerprint density at radius 3 is 1.84 bits per heavy atom. The molecule has 1 fully saturated rings. The molecule has 0 bridgehead atoms. The van der Waals surface area contributed by atoms with Crippen LogP contribution in [0.3, 0.4) is 0 Å². The van der Waals surface area contributed by atoms with Crippen LogP contribution in [0.2, 0.25) is 0 Å². The summed E-state index contributed by atoms with van der Waals surface area (Å²) in [5.41, 5.74) is 6.01. The summed E-state index contributed by atoms with van der Waals surface area (Å²) >= 11 is 1.66. The highest BCUT2D eigenvalue weighted by molar-refractivity contribution is 7.99. The topological polar surface area (TPSA) is 102 Å². The summed E-state index contributed by atoms with van der Waals surface area (Å²) in [5, 5.41) is 3.01. The number of nitrogens with one attached hydrogen (secondary N) is 1. The van der Waals surface area contributed by atoms with Gasteiger partial charge >= 0.3 is 5.97 Å². The number of aldehydes is 1. The molecule has 1 rings (SSSR count). The van der Waals surface area contributed by atoms with Gasteiger partial charge in [0, 0.05) is 18.2 Å². The van der Waals surface area contributed by atoms with Gasteiger partial charge < -0.3 is 25.5 Å². The Morgan fingerprint density at radius 1 is 0.780 bits per heavy atom. The van der Waals surface area contributed by atoms with E-state index in [2.05, 4.69) is 45.0 Å². The second-order valence-corrected chi connectivity index (χ2v) is 16.3. The molecule has 0 saturated carbocycles.